The molecule has 1 amide bonds. The summed E-state index contributed by atoms with van der Waals surface area (Å²) in [5.74, 6) is 1.27. The van der Waals surface area contributed by atoms with Gasteiger partial charge in [0, 0.05) is 31.9 Å². The van der Waals surface area contributed by atoms with Crippen molar-refractivity contribution in [3.05, 3.63) is 53.6 Å². The molecule has 1 fully saturated rings. The summed E-state index contributed by atoms with van der Waals surface area (Å²) in [6.07, 6.45) is -0.600. The fraction of sp³-hybridized carbons (Fsp3) is 0.364. The lowest BCUT2D eigenvalue weighted by Gasteiger charge is -2.38. The van der Waals surface area contributed by atoms with Gasteiger partial charge in [-0.3, -0.25) is 4.79 Å². The van der Waals surface area contributed by atoms with Crippen molar-refractivity contribution in [3.8, 4) is 11.5 Å². The van der Waals surface area contributed by atoms with Crippen LogP contribution in [0.15, 0.2) is 42.5 Å². The van der Waals surface area contributed by atoms with E-state index in [4.69, 9.17) is 21.7 Å². The SMILES string of the molecule is Cc1ccc(NC(=S)N2CCN(C(=O)[C@H]3COc4ccccc4O3)CC2)cc1C. The van der Waals surface area contributed by atoms with Gasteiger partial charge in [-0.25, -0.2) is 0 Å². The summed E-state index contributed by atoms with van der Waals surface area (Å²) in [7, 11) is 0. The van der Waals surface area contributed by atoms with Crippen LogP contribution in [0, 0.1) is 13.8 Å². The van der Waals surface area contributed by atoms with E-state index >= 15 is 0 Å². The monoisotopic (exact) mass is 411 g/mol. The Balaban J connectivity index is 1.30. The molecule has 7 heteroatoms. The van der Waals surface area contributed by atoms with Gasteiger partial charge in [-0.05, 0) is 61.5 Å². The maximum Gasteiger partial charge on any atom is 0.267 e. The normalized spacial score (nSPS) is 18.3. The average Bonchev–Trinajstić information content (AvgIpc) is 2.75. The Labute approximate surface area is 176 Å². The molecule has 152 valence electrons. The maximum absolute atomic E-state index is 12.9. The zero-order chi connectivity index (χ0) is 20.4. The quantitative estimate of drug-likeness (QED) is 0.767. The number of fused-ring (bicyclic) bond motifs is 1. The number of amides is 1. The minimum absolute atomic E-state index is 0.0350. The molecule has 0 unspecified atom stereocenters. The van der Waals surface area contributed by atoms with Crippen LogP contribution >= 0.6 is 12.2 Å². The van der Waals surface area contributed by atoms with Gasteiger partial charge in [-0.15, -0.1) is 0 Å². The number of aryl methyl sites for hydroxylation is 2. The van der Waals surface area contributed by atoms with Crippen molar-refractivity contribution in [2.45, 2.75) is 20.0 Å². The average molecular weight is 412 g/mol. The van der Waals surface area contributed by atoms with E-state index in [0.29, 0.717) is 42.8 Å². The highest BCUT2D eigenvalue weighted by molar-refractivity contribution is 7.80. The number of ether oxygens (including phenoxy) is 2. The lowest BCUT2D eigenvalue weighted by molar-refractivity contribution is -0.142. The van der Waals surface area contributed by atoms with Crippen molar-refractivity contribution in [2.75, 3.05) is 38.1 Å². The number of carbonyl (C=O) groups excluding carboxylic acids is 1. The fourth-order valence-electron chi connectivity index (χ4n) is 3.50. The van der Waals surface area contributed by atoms with Crippen LogP contribution in [0.5, 0.6) is 11.5 Å². The number of hydrogen-bond donors (Lipinski definition) is 1. The number of nitrogens with zero attached hydrogens (tertiary/aromatic N) is 2. The van der Waals surface area contributed by atoms with Crippen molar-refractivity contribution in [1.29, 1.82) is 0 Å². The smallest absolute Gasteiger partial charge is 0.267 e. The number of nitrogens with one attached hydrogen (secondary N) is 1. The van der Waals surface area contributed by atoms with Crippen LogP contribution in [0.25, 0.3) is 0 Å². The lowest BCUT2D eigenvalue weighted by Crippen LogP contribution is -2.55. The lowest BCUT2D eigenvalue weighted by atomic mass is 10.1. The van der Waals surface area contributed by atoms with Crippen molar-refractivity contribution in [1.82, 2.24) is 9.80 Å². The number of anilines is 1. The van der Waals surface area contributed by atoms with Crippen LogP contribution < -0.4 is 14.8 Å². The molecule has 2 aliphatic heterocycles. The van der Waals surface area contributed by atoms with E-state index in [9.17, 15) is 4.79 Å². The van der Waals surface area contributed by atoms with Crippen LogP contribution in [-0.4, -0.2) is 59.7 Å². The number of para-hydroxylation sites is 2. The van der Waals surface area contributed by atoms with Crippen LogP contribution in [0.2, 0.25) is 0 Å². The summed E-state index contributed by atoms with van der Waals surface area (Å²) in [4.78, 5) is 16.8. The molecule has 0 bridgehead atoms. The number of rotatable bonds is 2. The highest BCUT2D eigenvalue weighted by Gasteiger charge is 2.33. The maximum atomic E-state index is 12.9. The summed E-state index contributed by atoms with van der Waals surface area (Å²) < 4.78 is 11.5. The van der Waals surface area contributed by atoms with Crippen molar-refractivity contribution in [2.24, 2.45) is 0 Å². The van der Waals surface area contributed by atoms with Gasteiger partial charge in [0.25, 0.3) is 5.91 Å². The Hall–Kier alpha value is -2.80. The molecule has 29 heavy (non-hydrogen) atoms. The van der Waals surface area contributed by atoms with E-state index in [-0.39, 0.29) is 12.5 Å². The van der Waals surface area contributed by atoms with E-state index in [0.717, 1.165) is 5.69 Å². The second-order valence-corrected chi connectivity index (χ2v) is 7.79. The minimum atomic E-state index is -0.600. The minimum Gasteiger partial charge on any atom is -0.485 e. The van der Waals surface area contributed by atoms with Gasteiger partial charge < -0.3 is 24.6 Å². The molecule has 4 rings (SSSR count). The molecule has 1 saturated heterocycles. The van der Waals surface area contributed by atoms with Crippen LogP contribution in [0.1, 0.15) is 11.1 Å². The molecule has 6 nitrogen and oxygen atoms in total. The molecule has 0 saturated carbocycles. The van der Waals surface area contributed by atoms with E-state index in [1.165, 1.54) is 11.1 Å². The molecule has 2 aromatic carbocycles. The summed E-state index contributed by atoms with van der Waals surface area (Å²) in [6, 6.07) is 13.6. The predicted octanol–water partition coefficient (Wildman–Crippen LogP) is 2.98. The molecular weight excluding hydrogens is 386 g/mol. The Bertz CT molecular complexity index is 925. The van der Waals surface area contributed by atoms with Crippen molar-refractivity contribution in [3.63, 3.8) is 0 Å². The first-order valence-corrected chi connectivity index (χ1v) is 10.2. The predicted molar refractivity (Wildman–Crippen MR) is 117 cm³/mol. The van der Waals surface area contributed by atoms with E-state index in [1.54, 1.807) is 0 Å². The third kappa shape index (κ3) is 4.29. The topological polar surface area (TPSA) is 54.0 Å². The Morgan fingerprint density at radius 1 is 1.00 bits per heavy atom. The van der Waals surface area contributed by atoms with Gasteiger partial charge in [0.1, 0.15) is 6.61 Å². The highest BCUT2D eigenvalue weighted by atomic mass is 32.1. The Kier molecular flexibility index (Phi) is 5.58. The molecule has 2 heterocycles. The molecule has 1 atom stereocenters. The largest absolute Gasteiger partial charge is 0.485 e. The Morgan fingerprint density at radius 3 is 2.41 bits per heavy atom. The number of carbonyl (C=O) groups is 1. The van der Waals surface area contributed by atoms with E-state index in [1.807, 2.05) is 35.2 Å². The van der Waals surface area contributed by atoms with Crippen molar-refractivity contribution < 1.29 is 14.3 Å². The second kappa shape index (κ2) is 8.29. The number of hydrogen-bond acceptors (Lipinski definition) is 4. The van der Waals surface area contributed by atoms with Gasteiger partial charge in [0.2, 0.25) is 6.10 Å². The third-order valence-electron chi connectivity index (χ3n) is 5.42. The van der Waals surface area contributed by atoms with E-state index < -0.39 is 6.10 Å². The molecule has 0 aliphatic carbocycles. The van der Waals surface area contributed by atoms with Crippen LogP contribution in [0.4, 0.5) is 5.69 Å². The zero-order valence-electron chi connectivity index (χ0n) is 16.7. The summed E-state index contributed by atoms with van der Waals surface area (Å²) >= 11 is 5.57. The molecule has 0 spiro atoms. The highest BCUT2D eigenvalue weighted by Crippen LogP contribution is 2.31. The molecule has 2 aromatic rings. The Morgan fingerprint density at radius 2 is 1.69 bits per heavy atom. The molecule has 1 N–H and O–H groups in total. The molecule has 0 aromatic heterocycles. The van der Waals surface area contributed by atoms with E-state index in [2.05, 4.69) is 36.2 Å². The third-order valence-corrected chi connectivity index (χ3v) is 5.78. The van der Waals surface area contributed by atoms with Gasteiger partial charge in [-0.2, -0.15) is 0 Å². The summed E-state index contributed by atoms with van der Waals surface area (Å²) in [5.41, 5.74) is 3.47. The number of benzene rings is 2. The summed E-state index contributed by atoms with van der Waals surface area (Å²) in [5, 5.41) is 3.99. The second-order valence-electron chi connectivity index (χ2n) is 7.41. The van der Waals surface area contributed by atoms with Gasteiger partial charge in [-0.1, -0.05) is 18.2 Å². The number of thiocarbonyl (C=S) groups is 1. The fourth-order valence-corrected chi connectivity index (χ4v) is 3.80. The van der Waals surface area contributed by atoms with Gasteiger partial charge in [0.05, 0.1) is 0 Å². The van der Waals surface area contributed by atoms with Crippen molar-refractivity contribution >= 4 is 28.9 Å². The molecule has 2 aliphatic rings. The first kappa shape index (κ1) is 19.5. The first-order valence-electron chi connectivity index (χ1n) is 9.82. The van der Waals surface area contributed by atoms with Crippen LogP contribution in [0.3, 0.4) is 0 Å². The first-order chi connectivity index (χ1) is 14.0. The van der Waals surface area contributed by atoms with Gasteiger partial charge >= 0.3 is 0 Å². The molecular formula is C22H25N3O3S. The number of piperazine rings is 1. The van der Waals surface area contributed by atoms with Crippen LogP contribution in [-0.2, 0) is 4.79 Å². The van der Waals surface area contributed by atoms with Gasteiger partial charge in [0.15, 0.2) is 16.6 Å². The summed E-state index contributed by atoms with van der Waals surface area (Å²) in [6.45, 7) is 7.00. The standard InChI is InChI=1S/C22H25N3O3S/c1-15-7-8-17(13-16(15)2)23-22(29)25-11-9-24(10-12-25)21(26)20-14-27-18-5-3-4-6-19(18)28-20/h3-8,13,20H,9-12,14H2,1-2H3,(H,23,29)/t20-/m1/s1. The zero-order valence-corrected chi connectivity index (χ0v) is 17.5. The molecule has 0 radical (unpaired) electrons.